The predicted octanol–water partition coefficient (Wildman–Crippen LogP) is 3.25. The molecule has 2 aromatic carbocycles. The van der Waals surface area contributed by atoms with Gasteiger partial charge in [-0.15, -0.1) is 15.3 Å². The molecule has 0 saturated carbocycles. The highest BCUT2D eigenvalue weighted by molar-refractivity contribution is 7.99. The molecule has 0 fully saturated rings. The highest BCUT2D eigenvalue weighted by Crippen LogP contribution is 2.35. The maximum atomic E-state index is 12.1. The Balaban J connectivity index is 1.46. The van der Waals surface area contributed by atoms with Crippen LogP contribution < -0.4 is 0 Å². The van der Waals surface area contributed by atoms with Crippen LogP contribution in [0.25, 0.3) is 16.6 Å². The molecule has 4 aromatic rings. The molecule has 2 N–H and O–H groups in total. The molecule has 0 aliphatic rings. The Morgan fingerprint density at radius 3 is 2.78 bits per heavy atom. The van der Waals surface area contributed by atoms with Crippen LogP contribution in [0.3, 0.4) is 0 Å². The lowest BCUT2D eigenvalue weighted by Gasteiger charge is -2.02. The van der Waals surface area contributed by atoms with Gasteiger partial charge in [0.15, 0.2) is 5.69 Å². The van der Waals surface area contributed by atoms with Crippen molar-refractivity contribution in [3.05, 3.63) is 54.6 Å². The summed E-state index contributed by atoms with van der Waals surface area (Å²) >= 11 is 1.15. The minimum Gasteiger partial charge on any atom is -0.493 e. The Kier molecular flexibility index (Phi) is 4.62. The Bertz CT molecular complexity index is 1120. The summed E-state index contributed by atoms with van der Waals surface area (Å²) in [6.07, 6.45) is 0. The van der Waals surface area contributed by atoms with E-state index in [0.29, 0.717) is 16.1 Å². The van der Waals surface area contributed by atoms with Gasteiger partial charge in [-0.3, -0.25) is 4.79 Å². The lowest BCUT2D eigenvalue weighted by Crippen LogP contribution is -2.01. The zero-order chi connectivity index (χ0) is 18.6. The summed E-state index contributed by atoms with van der Waals surface area (Å²) in [7, 11) is 0. The molecule has 2 heterocycles. The smallest absolute Gasteiger partial charge is 0.275 e. The van der Waals surface area contributed by atoms with Crippen LogP contribution in [0.2, 0.25) is 0 Å². The Morgan fingerprint density at radius 1 is 1.15 bits per heavy atom. The van der Waals surface area contributed by atoms with Gasteiger partial charge in [0, 0.05) is 5.39 Å². The number of aromatic amines is 1. The number of tetrazole rings is 1. The molecule has 0 unspecified atom stereocenters. The Hall–Kier alpha value is -3.53. The molecule has 10 heteroatoms. The number of amides is 1. The SMILES string of the molecule is O=C(CSc1nnnn1-c1ccccc1)N=Nc1c(O)[nH]c2ccccc12. The van der Waals surface area contributed by atoms with Crippen molar-refractivity contribution in [2.75, 3.05) is 5.75 Å². The number of H-pyrrole nitrogens is 1. The topological polar surface area (TPSA) is 121 Å². The number of rotatable bonds is 5. The van der Waals surface area contributed by atoms with Crippen molar-refractivity contribution in [2.24, 2.45) is 10.2 Å². The number of aromatic nitrogens is 5. The fourth-order valence-electron chi connectivity index (χ4n) is 2.48. The number of benzene rings is 2. The van der Waals surface area contributed by atoms with Crippen LogP contribution in [0.1, 0.15) is 0 Å². The molecule has 27 heavy (non-hydrogen) atoms. The first-order valence-electron chi connectivity index (χ1n) is 7.93. The molecule has 0 aliphatic carbocycles. The van der Waals surface area contributed by atoms with Crippen LogP contribution in [0.5, 0.6) is 5.88 Å². The minimum absolute atomic E-state index is 0.0137. The number of nitrogens with one attached hydrogen (secondary N) is 1. The number of fused-ring (bicyclic) bond motifs is 1. The molecule has 4 rings (SSSR count). The van der Waals surface area contributed by atoms with Crippen molar-refractivity contribution >= 4 is 34.3 Å². The van der Waals surface area contributed by atoms with Gasteiger partial charge in [0.2, 0.25) is 11.0 Å². The van der Waals surface area contributed by atoms with Gasteiger partial charge in [0.25, 0.3) is 5.91 Å². The van der Waals surface area contributed by atoms with Crippen molar-refractivity contribution in [2.45, 2.75) is 5.16 Å². The molecule has 9 nitrogen and oxygen atoms in total. The third kappa shape index (κ3) is 3.55. The molecular formula is C17H13N7O2S. The van der Waals surface area contributed by atoms with E-state index < -0.39 is 5.91 Å². The van der Waals surface area contributed by atoms with Gasteiger partial charge in [-0.25, -0.2) is 0 Å². The van der Waals surface area contributed by atoms with Gasteiger partial charge in [-0.05, 0) is 28.6 Å². The van der Waals surface area contributed by atoms with E-state index in [1.54, 1.807) is 16.8 Å². The van der Waals surface area contributed by atoms with E-state index in [2.05, 4.69) is 30.7 Å². The monoisotopic (exact) mass is 379 g/mol. The van der Waals surface area contributed by atoms with Crippen molar-refractivity contribution in [1.29, 1.82) is 0 Å². The lowest BCUT2D eigenvalue weighted by atomic mass is 10.2. The van der Waals surface area contributed by atoms with Gasteiger partial charge in [0.05, 0.1) is 17.0 Å². The maximum absolute atomic E-state index is 12.1. The number of hydrogen-bond donors (Lipinski definition) is 2. The lowest BCUT2D eigenvalue weighted by molar-refractivity contribution is -0.115. The van der Waals surface area contributed by atoms with Crippen molar-refractivity contribution in [1.82, 2.24) is 25.2 Å². The number of para-hydroxylation sites is 2. The normalized spacial score (nSPS) is 11.4. The molecule has 0 bridgehead atoms. The van der Waals surface area contributed by atoms with Gasteiger partial charge in [0.1, 0.15) is 0 Å². The van der Waals surface area contributed by atoms with Gasteiger partial charge in [-0.1, -0.05) is 48.2 Å². The highest BCUT2D eigenvalue weighted by Gasteiger charge is 2.13. The molecular weight excluding hydrogens is 366 g/mol. The van der Waals surface area contributed by atoms with Crippen molar-refractivity contribution in [3.8, 4) is 11.6 Å². The number of hydrogen-bond acceptors (Lipinski definition) is 7. The first kappa shape index (κ1) is 16.9. The van der Waals surface area contributed by atoms with E-state index >= 15 is 0 Å². The number of nitrogens with zero attached hydrogens (tertiary/aromatic N) is 6. The first-order valence-corrected chi connectivity index (χ1v) is 8.92. The van der Waals surface area contributed by atoms with E-state index in [9.17, 15) is 9.90 Å². The number of azo groups is 1. The van der Waals surface area contributed by atoms with Crippen LogP contribution >= 0.6 is 11.8 Å². The molecule has 0 atom stereocenters. The van der Waals surface area contributed by atoms with E-state index in [0.717, 1.165) is 17.4 Å². The van der Waals surface area contributed by atoms with E-state index in [1.807, 2.05) is 42.5 Å². The average Bonchev–Trinajstić information content (AvgIpc) is 3.29. The number of thioether (sulfide) groups is 1. The third-order valence-electron chi connectivity index (χ3n) is 3.69. The molecule has 2 aromatic heterocycles. The van der Waals surface area contributed by atoms with E-state index in [-0.39, 0.29) is 17.3 Å². The summed E-state index contributed by atoms with van der Waals surface area (Å²) in [6, 6.07) is 16.6. The zero-order valence-electron chi connectivity index (χ0n) is 13.9. The molecule has 0 aliphatic heterocycles. The summed E-state index contributed by atoms with van der Waals surface area (Å²) in [5.41, 5.74) is 1.74. The maximum Gasteiger partial charge on any atom is 0.275 e. The predicted molar refractivity (Wildman–Crippen MR) is 99.4 cm³/mol. The molecule has 0 saturated heterocycles. The highest BCUT2D eigenvalue weighted by atomic mass is 32.2. The van der Waals surface area contributed by atoms with E-state index in [1.165, 1.54) is 0 Å². The summed E-state index contributed by atoms with van der Waals surface area (Å²) in [5.74, 6) is -0.583. The molecule has 1 amide bonds. The summed E-state index contributed by atoms with van der Waals surface area (Å²) < 4.78 is 1.54. The first-order chi connectivity index (χ1) is 13.2. The Morgan fingerprint density at radius 2 is 1.93 bits per heavy atom. The van der Waals surface area contributed by atoms with Gasteiger partial charge < -0.3 is 10.1 Å². The minimum atomic E-state index is -0.465. The van der Waals surface area contributed by atoms with Crippen molar-refractivity contribution in [3.63, 3.8) is 0 Å². The second kappa shape index (κ2) is 7.38. The third-order valence-corrected chi connectivity index (χ3v) is 4.59. The second-order valence-corrected chi connectivity index (χ2v) is 6.40. The van der Waals surface area contributed by atoms with Gasteiger partial charge in [-0.2, -0.15) is 4.68 Å². The Labute approximate surface area is 157 Å². The molecule has 0 radical (unpaired) electrons. The largest absolute Gasteiger partial charge is 0.493 e. The summed E-state index contributed by atoms with van der Waals surface area (Å²) in [4.78, 5) is 14.9. The van der Waals surface area contributed by atoms with Crippen LogP contribution in [0.4, 0.5) is 5.69 Å². The molecule has 134 valence electrons. The summed E-state index contributed by atoms with van der Waals surface area (Å²) in [5, 5.41) is 30.2. The number of carbonyl (C=O) groups is 1. The van der Waals surface area contributed by atoms with Gasteiger partial charge >= 0.3 is 0 Å². The fraction of sp³-hybridized carbons (Fsp3) is 0.0588. The quantitative estimate of drug-likeness (QED) is 0.405. The van der Waals surface area contributed by atoms with Crippen LogP contribution in [-0.2, 0) is 4.79 Å². The fourth-order valence-corrected chi connectivity index (χ4v) is 3.14. The number of aromatic hydroxyl groups is 1. The van der Waals surface area contributed by atoms with Crippen LogP contribution in [-0.4, -0.2) is 42.0 Å². The van der Waals surface area contributed by atoms with Crippen LogP contribution in [0.15, 0.2) is 70.0 Å². The van der Waals surface area contributed by atoms with E-state index in [4.69, 9.17) is 0 Å². The summed E-state index contributed by atoms with van der Waals surface area (Å²) in [6.45, 7) is 0. The average molecular weight is 379 g/mol. The standard InChI is InChI=1S/C17H13N7O2S/c25-14(19-20-15-12-8-4-5-9-13(12)18-16(15)26)10-27-17-21-22-23-24(17)11-6-2-1-3-7-11/h1-9,18,26H,10H2. The number of carbonyl (C=O) groups excluding carboxylic acids is 1. The van der Waals surface area contributed by atoms with Crippen LogP contribution in [0, 0.1) is 0 Å². The van der Waals surface area contributed by atoms with Crippen molar-refractivity contribution < 1.29 is 9.90 Å². The zero-order valence-corrected chi connectivity index (χ0v) is 14.7. The second-order valence-electron chi connectivity index (χ2n) is 5.46. The molecule has 0 spiro atoms.